The zero-order valence-corrected chi connectivity index (χ0v) is 11.7. The average molecular weight is 275 g/mol. The second kappa shape index (κ2) is 6.72. The van der Waals surface area contributed by atoms with Gasteiger partial charge in [0.1, 0.15) is 17.2 Å². The largest absolute Gasteiger partial charge is 0.496 e. The molecular formula is C14H17N3O3. The molecule has 0 spiro atoms. The minimum Gasteiger partial charge on any atom is -0.496 e. The fraction of sp³-hybridized carbons (Fsp3) is 0.286. The predicted octanol–water partition coefficient (Wildman–Crippen LogP) is 2.01. The van der Waals surface area contributed by atoms with E-state index in [0.29, 0.717) is 29.7 Å². The van der Waals surface area contributed by atoms with E-state index >= 15 is 0 Å². The van der Waals surface area contributed by atoms with E-state index in [1.165, 1.54) is 0 Å². The Morgan fingerprint density at radius 1 is 0.950 bits per heavy atom. The van der Waals surface area contributed by atoms with E-state index in [9.17, 15) is 0 Å². The first kappa shape index (κ1) is 14.1. The molecule has 0 bridgehead atoms. The summed E-state index contributed by atoms with van der Waals surface area (Å²) in [7, 11) is 5.03. The van der Waals surface area contributed by atoms with Crippen molar-refractivity contribution < 1.29 is 14.2 Å². The lowest BCUT2D eigenvalue weighted by atomic mass is 10.3. The standard InChI is InChI=1S/C14H17N3O3/c1-15-7-10-8-17-14(9-16-10)20-13-5-11(18-2)4-12(6-13)19-3/h4-6,8-9,15H,7H2,1-3H3. The van der Waals surface area contributed by atoms with Crippen LogP contribution in [0.25, 0.3) is 0 Å². The fourth-order valence-corrected chi connectivity index (χ4v) is 1.63. The van der Waals surface area contributed by atoms with Crippen LogP contribution in [0.15, 0.2) is 30.6 Å². The Bertz CT molecular complexity index is 536. The maximum atomic E-state index is 5.64. The molecule has 20 heavy (non-hydrogen) atoms. The second-order valence-corrected chi connectivity index (χ2v) is 4.03. The molecule has 106 valence electrons. The first-order chi connectivity index (χ1) is 9.75. The Hall–Kier alpha value is -2.34. The zero-order chi connectivity index (χ0) is 14.4. The van der Waals surface area contributed by atoms with Crippen LogP contribution in [0.1, 0.15) is 5.69 Å². The molecule has 1 N–H and O–H groups in total. The quantitative estimate of drug-likeness (QED) is 0.870. The van der Waals surface area contributed by atoms with E-state index in [4.69, 9.17) is 14.2 Å². The Morgan fingerprint density at radius 2 is 1.60 bits per heavy atom. The lowest BCUT2D eigenvalue weighted by molar-refractivity contribution is 0.384. The van der Waals surface area contributed by atoms with Gasteiger partial charge >= 0.3 is 0 Å². The number of hydrogen-bond donors (Lipinski definition) is 1. The summed E-state index contributed by atoms with van der Waals surface area (Å²) in [5, 5.41) is 3.01. The number of ether oxygens (including phenoxy) is 3. The van der Waals surface area contributed by atoms with Crippen molar-refractivity contribution in [3.63, 3.8) is 0 Å². The molecule has 1 heterocycles. The first-order valence-electron chi connectivity index (χ1n) is 6.11. The summed E-state index contributed by atoms with van der Waals surface area (Å²) >= 11 is 0. The molecule has 2 rings (SSSR count). The molecule has 0 amide bonds. The number of nitrogens with zero attached hydrogens (tertiary/aromatic N) is 2. The van der Waals surface area contributed by atoms with Gasteiger partial charge in [-0.1, -0.05) is 0 Å². The number of nitrogens with one attached hydrogen (secondary N) is 1. The van der Waals surface area contributed by atoms with E-state index in [-0.39, 0.29) is 0 Å². The maximum Gasteiger partial charge on any atom is 0.237 e. The van der Waals surface area contributed by atoms with Gasteiger partial charge in [0.05, 0.1) is 32.3 Å². The van der Waals surface area contributed by atoms with Gasteiger partial charge in [-0.15, -0.1) is 0 Å². The molecule has 0 saturated heterocycles. The van der Waals surface area contributed by atoms with Crippen molar-refractivity contribution in [3.05, 3.63) is 36.3 Å². The third kappa shape index (κ3) is 3.58. The number of benzene rings is 1. The normalized spacial score (nSPS) is 10.2. The van der Waals surface area contributed by atoms with Crippen LogP contribution in [0.2, 0.25) is 0 Å². The molecule has 0 atom stereocenters. The summed E-state index contributed by atoms with van der Waals surface area (Å²) in [5.74, 6) is 2.30. The maximum absolute atomic E-state index is 5.64. The van der Waals surface area contributed by atoms with Crippen LogP contribution in [0.4, 0.5) is 0 Å². The highest BCUT2D eigenvalue weighted by atomic mass is 16.5. The highest BCUT2D eigenvalue weighted by Gasteiger charge is 2.05. The highest BCUT2D eigenvalue weighted by molar-refractivity contribution is 5.43. The molecule has 0 radical (unpaired) electrons. The number of methoxy groups -OCH3 is 2. The van der Waals surface area contributed by atoms with Gasteiger partial charge in [-0.2, -0.15) is 0 Å². The van der Waals surface area contributed by atoms with Crippen LogP contribution >= 0.6 is 0 Å². The highest BCUT2D eigenvalue weighted by Crippen LogP contribution is 2.29. The third-order valence-electron chi connectivity index (χ3n) is 2.59. The molecular weight excluding hydrogens is 258 g/mol. The molecule has 0 saturated carbocycles. The van der Waals surface area contributed by atoms with Gasteiger partial charge in [-0.25, -0.2) is 4.98 Å². The van der Waals surface area contributed by atoms with Crippen molar-refractivity contribution in [2.24, 2.45) is 0 Å². The first-order valence-corrected chi connectivity index (χ1v) is 6.11. The molecule has 2 aromatic rings. The van der Waals surface area contributed by atoms with Crippen molar-refractivity contribution in [2.45, 2.75) is 6.54 Å². The molecule has 0 aliphatic heterocycles. The van der Waals surface area contributed by atoms with Crippen molar-refractivity contribution in [1.82, 2.24) is 15.3 Å². The minimum absolute atomic E-state index is 0.417. The molecule has 6 heteroatoms. The Labute approximate surface area is 117 Å². The average Bonchev–Trinajstić information content (AvgIpc) is 2.49. The molecule has 6 nitrogen and oxygen atoms in total. The van der Waals surface area contributed by atoms with Crippen LogP contribution in [0, 0.1) is 0 Å². The van der Waals surface area contributed by atoms with Crippen LogP contribution in [-0.2, 0) is 6.54 Å². The summed E-state index contributed by atoms with van der Waals surface area (Å²) in [4.78, 5) is 8.43. The van der Waals surface area contributed by atoms with Gasteiger partial charge in [0, 0.05) is 24.7 Å². The summed E-state index contributed by atoms with van der Waals surface area (Å²) in [6, 6.07) is 5.28. The lowest BCUT2D eigenvalue weighted by Crippen LogP contribution is -2.07. The minimum atomic E-state index is 0.417. The van der Waals surface area contributed by atoms with Crippen molar-refractivity contribution >= 4 is 0 Å². The second-order valence-electron chi connectivity index (χ2n) is 4.03. The van der Waals surface area contributed by atoms with Gasteiger partial charge in [-0.3, -0.25) is 4.98 Å². The van der Waals surface area contributed by atoms with E-state index in [2.05, 4.69) is 15.3 Å². The Balaban J connectivity index is 2.16. The van der Waals surface area contributed by atoms with Crippen molar-refractivity contribution in [3.8, 4) is 23.1 Å². The van der Waals surface area contributed by atoms with E-state index in [0.717, 1.165) is 5.69 Å². The Kier molecular flexibility index (Phi) is 4.73. The number of aromatic nitrogens is 2. The van der Waals surface area contributed by atoms with Crippen LogP contribution in [0.5, 0.6) is 23.1 Å². The van der Waals surface area contributed by atoms with Gasteiger partial charge in [0.15, 0.2) is 0 Å². The van der Waals surface area contributed by atoms with Gasteiger partial charge in [-0.05, 0) is 7.05 Å². The summed E-state index contributed by atoms with van der Waals surface area (Å²) in [6.45, 7) is 0.667. The molecule has 0 aliphatic rings. The third-order valence-corrected chi connectivity index (χ3v) is 2.59. The van der Waals surface area contributed by atoms with Crippen LogP contribution < -0.4 is 19.5 Å². The predicted molar refractivity (Wildman–Crippen MR) is 74.4 cm³/mol. The summed E-state index contributed by atoms with van der Waals surface area (Å²) in [5.41, 5.74) is 0.850. The molecule has 1 aromatic heterocycles. The molecule has 1 aromatic carbocycles. The van der Waals surface area contributed by atoms with Gasteiger partial charge in [0.2, 0.25) is 5.88 Å². The smallest absolute Gasteiger partial charge is 0.237 e. The molecule has 0 unspecified atom stereocenters. The van der Waals surface area contributed by atoms with E-state index in [1.807, 2.05) is 7.05 Å². The van der Waals surface area contributed by atoms with Gasteiger partial charge in [0.25, 0.3) is 0 Å². The van der Waals surface area contributed by atoms with Crippen LogP contribution in [0.3, 0.4) is 0 Å². The van der Waals surface area contributed by atoms with E-state index in [1.54, 1.807) is 44.8 Å². The van der Waals surface area contributed by atoms with E-state index < -0.39 is 0 Å². The fourth-order valence-electron chi connectivity index (χ4n) is 1.63. The summed E-state index contributed by atoms with van der Waals surface area (Å²) in [6.07, 6.45) is 3.25. The number of hydrogen-bond acceptors (Lipinski definition) is 6. The monoisotopic (exact) mass is 275 g/mol. The SMILES string of the molecule is CNCc1cnc(Oc2cc(OC)cc(OC)c2)cn1. The molecule has 0 fully saturated rings. The van der Waals surface area contributed by atoms with Gasteiger partial charge < -0.3 is 19.5 Å². The van der Waals surface area contributed by atoms with Crippen molar-refractivity contribution in [2.75, 3.05) is 21.3 Å². The molecule has 0 aliphatic carbocycles. The summed E-state index contributed by atoms with van der Waals surface area (Å²) < 4.78 is 16.0. The zero-order valence-electron chi connectivity index (χ0n) is 11.7. The van der Waals surface area contributed by atoms with Crippen LogP contribution in [-0.4, -0.2) is 31.2 Å². The number of rotatable bonds is 6. The van der Waals surface area contributed by atoms with Crippen molar-refractivity contribution in [1.29, 1.82) is 0 Å². The Morgan fingerprint density at radius 3 is 2.10 bits per heavy atom. The lowest BCUT2D eigenvalue weighted by Gasteiger charge is -2.09. The topological polar surface area (TPSA) is 65.5 Å².